The van der Waals surface area contributed by atoms with Gasteiger partial charge in [-0.1, -0.05) is 12.1 Å². The molecular formula is C14H10N4OS. The van der Waals surface area contributed by atoms with Gasteiger partial charge in [0, 0.05) is 22.5 Å². The number of fused-ring (bicyclic) bond motifs is 3. The minimum atomic E-state index is -0.221. The average molecular weight is 282 g/mol. The van der Waals surface area contributed by atoms with Crippen LogP contribution in [0.15, 0.2) is 40.6 Å². The fraction of sp³-hybridized carbons (Fsp3) is 0.0714. The molecule has 0 amide bonds. The first-order chi connectivity index (χ1) is 9.74. The second-order valence-corrected chi connectivity index (χ2v) is 5.51. The van der Waals surface area contributed by atoms with Crippen LogP contribution in [0.2, 0.25) is 0 Å². The summed E-state index contributed by atoms with van der Waals surface area (Å²) in [7, 11) is 0. The number of hydrogen-bond acceptors (Lipinski definition) is 4. The highest BCUT2D eigenvalue weighted by Crippen LogP contribution is 2.27. The van der Waals surface area contributed by atoms with Crippen LogP contribution in [0.1, 0.15) is 5.56 Å². The SMILES string of the molecule is Cc1cc2n[nH]c(=O)n2c2cc(-c3nccs3)ccc12. The lowest BCUT2D eigenvalue weighted by atomic mass is 10.1. The number of pyridine rings is 1. The predicted molar refractivity (Wildman–Crippen MR) is 79.2 cm³/mol. The molecule has 4 rings (SSSR count). The number of thiazole rings is 1. The molecule has 0 spiro atoms. The Labute approximate surface area is 117 Å². The quantitative estimate of drug-likeness (QED) is 0.583. The smallest absolute Gasteiger partial charge is 0.246 e. The molecule has 0 aliphatic carbocycles. The van der Waals surface area contributed by atoms with Crippen LogP contribution in [0, 0.1) is 6.92 Å². The van der Waals surface area contributed by atoms with Gasteiger partial charge >= 0.3 is 5.69 Å². The molecule has 0 radical (unpaired) electrons. The molecule has 1 aromatic carbocycles. The summed E-state index contributed by atoms with van der Waals surface area (Å²) in [6.07, 6.45) is 1.78. The van der Waals surface area contributed by atoms with Crippen LogP contribution in [0.4, 0.5) is 0 Å². The van der Waals surface area contributed by atoms with E-state index in [9.17, 15) is 4.79 Å². The summed E-state index contributed by atoms with van der Waals surface area (Å²) >= 11 is 1.58. The Morgan fingerprint density at radius 3 is 3.00 bits per heavy atom. The molecule has 3 aromatic heterocycles. The van der Waals surface area contributed by atoms with Crippen molar-refractivity contribution in [2.24, 2.45) is 0 Å². The molecule has 3 heterocycles. The predicted octanol–water partition coefficient (Wildman–Crippen LogP) is 2.61. The molecule has 0 atom stereocenters. The number of aromatic amines is 1. The molecule has 6 heteroatoms. The number of rotatable bonds is 1. The van der Waals surface area contributed by atoms with Gasteiger partial charge in [-0.2, -0.15) is 5.10 Å². The van der Waals surface area contributed by atoms with E-state index in [0.717, 1.165) is 27.0 Å². The summed E-state index contributed by atoms with van der Waals surface area (Å²) in [6.45, 7) is 2.02. The third kappa shape index (κ3) is 1.51. The molecule has 4 aromatic rings. The van der Waals surface area contributed by atoms with Crippen LogP contribution in [0.3, 0.4) is 0 Å². The maximum atomic E-state index is 11.9. The van der Waals surface area contributed by atoms with Gasteiger partial charge in [0.05, 0.1) is 5.52 Å². The summed E-state index contributed by atoms with van der Waals surface area (Å²) < 4.78 is 1.60. The first-order valence-corrected chi connectivity index (χ1v) is 7.02. The Hall–Kier alpha value is -2.47. The molecular weight excluding hydrogens is 272 g/mol. The number of benzene rings is 1. The van der Waals surface area contributed by atoms with Gasteiger partial charge < -0.3 is 0 Å². The molecule has 0 saturated carbocycles. The van der Waals surface area contributed by atoms with Crippen molar-refractivity contribution in [1.82, 2.24) is 19.6 Å². The minimum Gasteiger partial charge on any atom is -0.246 e. The number of H-pyrrole nitrogens is 1. The van der Waals surface area contributed by atoms with Crippen molar-refractivity contribution in [3.63, 3.8) is 0 Å². The zero-order valence-electron chi connectivity index (χ0n) is 10.6. The molecule has 20 heavy (non-hydrogen) atoms. The Kier molecular flexibility index (Phi) is 2.28. The number of hydrogen-bond donors (Lipinski definition) is 1. The summed E-state index contributed by atoms with van der Waals surface area (Å²) in [6, 6.07) is 7.96. The average Bonchev–Trinajstić information content (AvgIpc) is 3.09. The van der Waals surface area contributed by atoms with E-state index in [-0.39, 0.29) is 5.69 Å². The van der Waals surface area contributed by atoms with Crippen LogP contribution in [-0.2, 0) is 0 Å². The van der Waals surface area contributed by atoms with Crippen molar-refractivity contribution in [3.8, 4) is 10.6 Å². The van der Waals surface area contributed by atoms with Crippen molar-refractivity contribution in [3.05, 3.63) is 51.9 Å². The van der Waals surface area contributed by atoms with Crippen LogP contribution in [0.5, 0.6) is 0 Å². The van der Waals surface area contributed by atoms with E-state index in [0.29, 0.717) is 5.65 Å². The summed E-state index contributed by atoms with van der Waals surface area (Å²) in [4.78, 5) is 16.2. The Morgan fingerprint density at radius 2 is 2.20 bits per heavy atom. The highest BCUT2D eigenvalue weighted by atomic mass is 32.1. The van der Waals surface area contributed by atoms with Crippen molar-refractivity contribution in [2.75, 3.05) is 0 Å². The number of aryl methyl sites for hydroxylation is 1. The van der Waals surface area contributed by atoms with Crippen molar-refractivity contribution < 1.29 is 0 Å². The Morgan fingerprint density at radius 1 is 1.30 bits per heavy atom. The molecule has 0 bridgehead atoms. The highest BCUT2D eigenvalue weighted by molar-refractivity contribution is 7.13. The molecule has 98 valence electrons. The van der Waals surface area contributed by atoms with Gasteiger partial charge in [-0.15, -0.1) is 11.3 Å². The van der Waals surface area contributed by atoms with Gasteiger partial charge in [0.25, 0.3) is 0 Å². The normalized spacial score (nSPS) is 11.4. The number of aromatic nitrogens is 4. The van der Waals surface area contributed by atoms with Crippen LogP contribution in [-0.4, -0.2) is 19.6 Å². The van der Waals surface area contributed by atoms with Crippen molar-refractivity contribution >= 4 is 27.9 Å². The molecule has 0 aliphatic heterocycles. The molecule has 0 saturated heterocycles. The van der Waals surface area contributed by atoms with E-state index < -0.39 is 0 Å². The first-order valence-electron chi connectivity index (χ1n) is 6.14. The fourth-order valence-electron chi connectivity index (χ4n) is 2.46. The zero-order valence-corrected chi connectivity index (χ0v) is 11.4. The highest BCUT2D eigenvalue weighted by Gasteiger charge is 2.10. The summed E-state index contributed by atoms with van der Waals surface area (Å²) in [5.41, 5.74) is 3.37. The largest absolute Gasteiger partial charge is 0.348 e. The first kappa shape index (κ1) is 11.4. The van der Waals surface area contributed by atoms with Gasteiger partial charge in [-0.3, -0.25) is 0 Å². The lowest BCUT2D eigenvalue weighted by Gasteiger charge is -2.06. The molecule has 1 N–H and O–H groups in total. The molecule has 0 unspecified atom stereocenters. The van der Waals surface area contributed by atoms with Crippen molar-refractivity contribution in [1.29, 1.82) is 0 Å². The van der Waals surface area contributed by atoms with E-state index in [1.165, 1.54) is 0 Å². The monoisotopic (exact) mass is 282 g/mol. The molecule has 0 aliphatic rings. The van der Waals surface area contributed by atoms with Gasteiger partial charge in [-0.05, 0) is 24.6 Å². The van der Waals surface area contributed by atoms with Crippen molar-refractivity contribution in [2.45, 2.75) is 6.92 Å². The second kappa shape index (κ2) is 4.01. The maximum Gasteiger partial charge on any atom is 0.348 e. The zero-order chi connectivity index (χ0) is 13.7. The maximum absolute atomic E-state index is 11.9. The molecule has 0 fully saturated rings. The molecule has 5 nitrogen and oxygen atoms in total. The van der Waals surface area contributed by atoms with Crippen LogP contribution < -0.4 is 5.69 Å². The van der Waals surface area contributed by atoms with E-state index in [1.54, 1.807) is 21.9 Å². The van der Waals surface area contributed by atoms with Crippen LogP contribution in [0.25, 0.3) is 27.1 Å². The topological polar surface area (TPSA) is 63.0 Å². The van der Waals surface area contributed by atoms with Gasteiger partial charge in [-0.25, -0.2) is 19.3 Å². The van der Waals surface area contributed by atoms with E-state index in [1.807, 2.05) is 36.6 Å². The summed E-state index contributed by atoms with van der Waals surface area (Å²) in [5, 5.41) is 10.5. The fourth-order valence-corrected chi connectivity index (χ4v) is 3.09. The third-order valence-electron chi connectivity index (χ3n) is 3.39. The number of nitrogens with one attached hydrogen (secondary N) is 1. The Bertz CT molecular complexity index is 982. The van der Waals surface area contributed by atoms with E-state index >= 15 is 0 Å². The van der Waals surface area contributed by atoms with E-state index in [4.69, 9.17) is 0 Å². The van der Waals surface area contributed by atoms with E-state index in [2.05, 4.69) is 15.2 Å². The standard InChI is InChI=1S/C14H10N4OS/c1-8-6-12-16-17-14(19)18(12)11-7-9(2-3-10(8)11)13-15-4-5-20-13/h2-7H,1H3,(H,17,19). The van der Waals surface area contributed by atoms with Gasteiger partial charge in [0.15, 0.2) is 5.65 Å². The lowest BCUT2D eigenvalue weighted by molar-refractivity contribution is 1.04. The minimum absolute atomic E-state index is 0.221. The summed E-state index contributed by atoms with van der Waals surface area (Å²) in [5.74, 6) is 0. The second-order valence-electron chi connectivity index (χ2n) is 4.62. The van der Waals surface area contributed by atoms with Gasteiger partial charge in [0.2, 0.25) is 0 Å². The Balaban J connectivity index is 2.17. The lowest BCUT2D eigenvalue weighted by Crippen LogP contribution is -2.10. The van der Waals surface area contributed by atoms with Crippen LogP contribution >= 0.6 is 11.3 Å². The number of nitrogens with zero attached hydrogens (tertiary/aromatic N) is 3. The third-order valence-corrected chi connectivity index (χ3v) is 4.21. The van der Waals surface area contributed by atoms with Gasteiger partial charge in [0.1, 0.15) is 5.01 Å².